The van der Waals surface area contributed by atoms with Crippen LogP contribution in [0.15, 0.2) is 35.3 Å². The molecule has 5 heteroatoms. The molecule has 2 saturated heterocycles. The van der Waals surface area contributed by atoms with Gasteiger partial charge in [0.05, 0.1) is 0 Å². The predicted octanol–water partition coefficient (Wildman–Crippen LogP) is 2.63. The van der Waals surface area contributed by atoms with E-state index in [2.05, 4.69) is 64.5 Å². The Morgan fingerprint density at radius 1 is 1.19 bits per heavy atom. The largest absolute Gasteiger partial charge is 0.381 e. The van der Waals surface area contributed by atoms with Gasteiger partial charge < -0.3 is 19.9 Å². The number of benzene rings is 1. The Morgan fingerprint density at radius 2 is 1.85 bits per heavy atom. The van der Waals surface area contributed by atoms with Crippen LogP contribution in [0.5, 0.6) is 0 Å². The summed E-state index contributed by atoms with van der Waals surface area (Å²) in [4.78, 5) is 9.37. The normalized spacial score (nSPS) is 21.5. The molecule has 0 saturated carbocycles. The fourth-order valence-corrected chi connectivity index (χ4v) is 4.41. The SMILES string of the molecule is CN=C(NCC1(N(C)C)CCOCC1)N1CCC(Cc2ccccc2)CC1. The smallest absolute Gasteiger partial charge is 0.193 e. The van der Waals surface area contributed by atoms with Crippen LogP contribution >= 0.6 is 0 Å². The number of hydrogen-bond donors (Lipinski definition) is 1. The molecular formula is C22H36N4O. The van der Waals surface area contributed by atoms with E-state index in [-0.39, 0.29) is 5.54 Å². The van der Waals surface area contributed by atoms with E-state index in [0.717, 1.165) is 57.6 Å². The van der Waals surface area contributed by atoms with Gasteiger partial charge >= 0.3 is 0 Å². The van der Waals surface area contributed by atoms with Crippen LogP contribution in [0.1, 0.15) is 31.2 Å². The first-order chi connectivity index (χ1) is 13.1. The minimum atomic E-state index is 0.166. The Bertz CT molecular complexity index is 588. The number of likely N-dealkylation sites (N-methyl/N-ethyl adjacent to an activating group) is 1. The minimum Gasteiger partial charge on any atom is -0.381 e. The van der Waals surface area contributed by atoms with Gasteiger partial charge in [-0.3, -0.25) is 4.99 Å². The average Bonchev–Trinajstić information content (AvgIpc) is 2.71. The number of ether oxygens (including phenoxy) is 1. The average molecular weight is 373 g/mol. The Labute approximate surface area is 164 Å². The number of guanidine groups is 1. The molecule has 0 amide bonds. The van der Waals surface area contributed by atoms with Crippen LogP contribution in [0, 0.1) is 5.92 Å². The molecule has 0 unspecified atom stereocenters. The lowest BCUT2D eigenvalue weighted by Gasteiger charge is -2.44. The van der Waals surface area contributed by atoms with Crippen LogP contribution in [0.3, 0.4) is 0 Å². The number of likely N-dealkylation sites (tertiary alicyclic amines) is 1. The Kier molecular flexibility index (Phi) is 7.13. The maximum Gasteiger partial charge on any atom is 0.193 e. The zero-order valence-electron chi connectivity index (χ0n) is 17.3. The molecule has 1 aromatic carbocycles. The highest BCUT2D eigenvalue weighted by Gasteiger charge is 2.35. The van der Waals surface area contributed by atoms with Crippen molar-refractivity contribution in [1.82, 2.24) is 15.1 Å². The van der Waals surface area contributed by atoms with Crippen molar-refractivity contribution in [2.75, 3.05) is 54.0 Å². The lowest BCUT2D eigenvalue weighted by Crippen LogP contribution is -2.58. The van der Waals surface area contributed by atoms with Crippen LogP contribution in [-0.4, -0.2) is 75.3 Å². The predicted molar refractivity (Wildman–Crippen MR) is 112 cm³/mol. The van der Waals surface area contributed by atoms with Gasteiger partial charge in [0.25, 0.3) is 0 Å². The summed E-state index contributed by atoms with van der Waals surface area (Å²) in [6.07, 6.45) is 5.82. The molecule has 1 aromatic rings. The number of hydrogen-bond acceptors (Lipinski definition) is 3. The van der Waals surface area contributed by atoms with Crippen LogP contribution in [0.25, 0.3) is 0 Å². The van der Waals surface area contributed by atoms with Gasteiger partial charge in [0.2, 0.25) is 0 Å². The molecule has 1 N–H and O–H groups in total. The van der Waals surface area contributed by atoms with Crippen molar-refractivity contribution in [3.63, 3.8) is 0 Å². The molecule has 150 valence electrons. The first-order valence-corrected chi connectivity index (χ1v) is 10.4. The van der Waals surface area contributed by atoms with E-state index in [1.807, 2.05) is 7.05 Å². The van der Waals surface area contributed by atoms with Gasteiger partial charge in [-0.05, 0) is 57.7 Å². The van der Waals surface area contributed by atoms with Crippen molar-refractivity contribution in [2.24, 2.45) is 10.9 Å². The molecular weight excluding hydrogens is 336 g/mol. The van der Waals surface area contributed by atoms with E-state index in [4.69, 9.17) is 4.74 Å². The van der Waals surface area contributed by atoms with Crippen molar-refractivity contribution < 1.29 is 4.74 Å². The van der Waals surface area contributed by atoms with Crippen LogP contribution in [0.2, 0.25) is 0 Å². The zero-order chi connectivity index (χ0) is 19.1. The number of nitrogens with one attached hydrogen (secondary N) is 1. The summed E-state index contributed by atoms with van der Waals surface area (Å²) in [5.41, 5.74) is 1.63. The molecule has 0 aliphatic carbocycles. The second-order valence-corrected chi connectivity index (χ2v) is 8.25. The van der Waals surface area contributed by atoms with Crippen molar-refractivity contribution in [2.45, 2.75) is 37.6 Å². The molecule has 5 nitrogen and oxygen atoms in total. The molecule has 0 spiro atoms. The molecule has 27 heavy (non-hydrogen) atoms. The van der Waals surface area contributed by atoms with Gasteiger partial charge in [0, 0.05) is 45.4 Å². The van der Waals surface area contributed by atoms with E-state index in [0.29, 0.717) is 0 Å². The van der Waals surface area contributed by atoms with E-state index in [9.17, 15) is 0 Å². The molecule has 0 radical (unpaired) electrons. The molecule has 0 aromatic heterocycles. The Balaban J connectivity index is 1.50. The fraction of sp³-hybridized carbons (Fsp3) is 0.682. The van der Waals surface area contributed by atoms with E-state index >= 15 is 0 Å². The van der Waals surface area contributed by atoms with Gasteiger partial charge in [-0.25, -0.2) is 0 Å². The van der Waals surface area contributed by atoms with E-state index in [1.54, 1.807) is 0 Å². The van der Waals surface area contributed by atoms with E-state index in [1.165, 1.54) is 24.8 Å². The summed E-state index contributed by atoms with van der Waals surface area (Å²) in [5.74, 6) is 1.84. The monoisotopic (exact) mass is 372 g/mol. The molecule has 2 aliphatic rings. The highest BCUT2D eigenvalue weighted by Crippen LogP contribution is 2.26. The van der Waals surface area contributed by atoms with Crippen molar-refractivity contribution >= 4 is 5.96 Å². The minimum absolute atomic E-state index is 0.166. The van der Waals surface area contributed by atoms with Crippen molar-refractivity contribution in [3.05, 3.63) is 35.9 Å². The molecule has 0 atom stereocenters. The highest BCUT2D eigenvalue weighted by molar-refractivity contribution is 5.80. The van der Waals surface area contributed by atoms with Crippen molar-refractivity contribution in [1.29, 1.82) is 0 Å². The third-order valence-corrected chi connectivity index (χ3v) is 6.44. The first kappa shape index (κ1) is 20.2. The number of rotatable bonds is 5. The Morgan fingerprint density at radius 3 is 2.44 bits per heavy atom. The highest BCUT2D eigenvalue weighted by atomic mass is 16.5. The lowest BCUT2D eigenvalue weighted by molar-refractivity contribution is -0.00531. The molecule has 2 aliphatic heterocycles. The second-order valence-electron chi connectivity index (χ2n) is 8.25. The summed E-state index contributed by atoms with van der Waals surface area (Å²) in [5, 5.41) is 3.67. The summed E-state index contributed by atoms with van der Waals surface area (Å²) in [6.45, 7) is 4.82. The molecule has 2 heterocycles. The Hall–Kier alpha value is -1.59. The summed E-state index contributed by atoms with van der Waals surface area (Å²) in [7, 11) is 6.28. The standard InChI is InChI=1S/C22H36N4O/c1-23-21(24-18-22(25(2)3)11-15-27-16-12-22)26-13-9-20(10-14-26)17-19-7-5-4-6-8-19/h4-8,20H,9-18H2,1-3H3,(H,23,24). The van der Waals surface area contributed by atoms with Gasteiger partial charge in [-0.2, -0.15) is 0 Å². The van der Waals surface area contributed by atoms with Crippen LogP contribution in [0.4, 0.5) is 0 Å². The van der Waals surface area contributed by atoms with Crippen LogP contribution < -0.4 is 5.32 Å². The maximum atomic E-state index is 5.59. The number of nitrogens with zero attached hydrogens (tertiary/aromatic N) is 3. The second kappa shape index (κ2) is 9.56. The first-order valence-electron chi connectivity index (χ1n) is 10.4. The van der Waals surface area contributed by atoms with Crippen molar-refractivity contribution in [3.8, 4) is 0 Å². The maximum absolute atomic E-state index is 5.59. The quantitative estimate of drug-likeness (QED) is 0.637. The third-order valence-electron chi connectivity index (χ3n) is 6.44. The lowest BCUT2D eigenvalue weighted by atomic mass is 9.88. The molecule has 2 fully saturated rings. The zero-order valence-corrected chi connectivity index (χ0v) is 17.3. The third kappa shape index (κ3) is 5.23. The van der Waals surface area contributed by atoms with Crippen LogP contribution in [-0.2, 0) is 11.2 Å². The van der Waals surface area contributed by atoms with Gasteiger partial charge in [-0.15, -0.1) is 0 Å². The number of aliphatic imine (C=N–C) groups is 1. The van der Waals surface area contributed by atoms with Gasteiger partial charge in [-0.1, -0.05) is 30.3 Å². The van der Waals surface area contributed by atoms with Gasteiger partial charge in [0.1, 0.15) is 0 Å². The summed E-state index contributed by atoms with van der Waals surface area (Å²) >= 11 is 0. The number of piperidine rings is 1. The van der Waals surface area contributed by atoms with Gasteiger partial charge in [0.15, 0.2) is 5.96 Å². The topological polar surface area (TPSA) is 40.1 Å². The summed E-state index contributed by atoms with van der Waals surface area (Å²) < 4.78 is 5.59. The molecule has 0 bridgehead atoms. The summed E-state index contributed by atoms with van der Waals surface area (Å²) in [6, 6.07) is 10.9. The fourth-order valence-electron chi connectivity index (χ4n) is 4.41. The molecule has 3 rings (SSSR count). The van der Waals surface area contributed by atoms with E-state index < -0.39 is 0 Å².